The van der Waals surface area contributed by atoms with Crippen molar-refractivity contribution in [3.63, 3.8) is 0 Å². The average Bonchev–Trinajstić information content (AvgIpc) is 3.02. The molecule has 0 bridgehead atoms. The second-order valence-electron chi connectivity index (χ2n) is 6.21. The number of nitrogens with zero attached hydrogens (tertiary/aromatic N) is 2. The van der Waals surface area contributed by atoms with Crippen molar-refractivity contribution in [2.24, 2.45) is 0 Å². The van der Waals surface area contributed by atoms with Gasteiger partial charge in [0, 0.05) is 20.2 Å². The SMILES string of the molecule is CCOC(=O)C(C#N)=C1SC(Cc2cc(Cl)ccc2Cl)C(=O)N1c1ccc(Br)cc1. The Morgan fingerprint density at radius 2 is 1.97 bits per heavy atom. The van der Waals surface area contributed by atoms with E-state index in [1.54, 1.807) is 49.4 Å². The molecule has 1 heterocycles. The molecule has 154 valence electrons. The second-order valence-corrected chi connectivity index (χ2v) is 9.16. The quantitative estimate of drug-likeness (QED) is 0.282. The monoisotopic (exact) mass is 524 g/mol. The lowest BCUT2D eigenvalue weighted by molar-refractivity contribution is -0.138. The molecule has 3 rings (SSSR count). The normalized spacial score (nSPS) is 17.6. The van der Waals surface area contributed by atoms with E-state index in [-0.39, 0.29) is 23.1 Å². The number of rotatable bonds is 5. The van der Waals surface area contributed by atoms with Crippen molar-refractivity contribution >= 4 is 68.5 Å². The van der Waals surface area contributed by atoms with Gasteiger partial charge in [-0.2, -0.15) is 5.26 Å². The fraction of sp³-hybridized carbons (Fsp3) is 0.190. The maximum absolute atomic E-state index is 13.3. The largest absolute Gasteiger partial charge is 0.462 e. The minimum absolute atomic E-state index is 0.121. The molecule has 1 atom stereocenters. The number of halogens is 3. The molecule has 1 aliphatic rings. The number of carbonyl (C=O) groups excluding carboxylic acids is 2. The number of amides is 1. The first kappa shape index (κ1) is 22.7. The Kier molecular flexibility index (Phi) is 7.48. The van der Waals surface area contributed by atoms with E-state index in [2.05, 4.69) is 15.9 Å². The van der Waals surface area contributed by atoms with Gasteiger partial charge in [-0.25, -0.2) is 4.79 Å². The Labute approximate surface area is 196 Å². The highest BCUT2D eigenvalue weighted by Crippen LogP contribution is 2.43. The summed E-state index contributed by atoms with van der Waals surface area (Å²) in [5.74, 6) is -1.02. The highest BCUT2D eigenvalue weighted by Gasteiger charge is 2.41. The third-order valence-electron chi connectivity index (χ3n) is 4.26. The fourth-order valence-electron chi connectivity index (χ4n) is 2.90. The lowest BCUT2D eigenvalue weighted by atomic mass is 10.1. The van der Waals surface area contributed by atoms with Crippen LogP contribution in [0.15, 0.2) is 57.5 Å². The summed E-state index contributed by atoms with van der Waals surface area (Å²) >= 11 is 16.9. The van der Waals surface area contributed by atoms with Crippen LogP contribution in [0.25, 0.3) is 0 Å². The summed E-state index contributed by atoms with van der Waals surface area (Å²) in [5.41, 5.74) is 1.04. The van der Waals surface area contributed by atoms with Crippen LogP contribution in [0.1, 0.15) is 12.5 Å². The number of hydrogen-bond donors (Lipinski definition) is 0. The van der Waals surface area contributed by atoms with Gasteiger partial charge in [-0.15, -0.1) is 0 Å². The van der Waals surface area contributed by atoms with Crippen LogP contribution in [0.5, 0.6) is 0 Å². The summed E-state index contributed by atoms with van der Waals surface area (Å²) in [6.45, 7) is 1.77. The van der Waals surface area contributed by atoms with E-state index in [0.29, 0.717) is 27.7 Å². The van der Waals surface area contributed by atoms with Crippen molar-refractivity contribution in [2.75, 3.05) is 11.5 Å². The van der Waals surface area contributed by atoms with Crippen molar-refractivity contribution in [1.82, 2.24) is 0 Å². The molecule has 5 nitrogen and oxygen atoms in total. The molecule has 30 heavy (non-hydrogen) atoms. The minimum Gasteiger partial charge on any atom is -0.462 e. The van der Waals surface area contributed by atoms with Gasteiger partial charge in [-0.05, 0) is 61.4 Å². The molecule has 1 aliphatic heterocycles. The summed E-state index contributed by atoms with van der Waals surface area (Å²) in [4.78, 5) is 27.1. The molecular formula is C21H15BrCl2N2O3S. The van der Waals surface area contributed by atoms with Crippen LogP contribution < -0.4 is 4.90 Å². The smallest absolute Gasteiger partial charge is 0.351 e. The van der Waals surface area contributed by atoms with E-state index in [0.717, 1.165) is 16.2 Å². The number of carbonyl (C=O) groups is 2. The first-order valence-electron chi connectivity index (χ1n) is 8.87. The van der Waals surface area contributed by atoms with Gasteiger partial charge >= 0.3 is 5.97 Å². The van der Waals surface area contributed by atoms with E-state index in [1.807, 2.05) is 6.07 Å². The van der Waals surface area contributed by atoms with Crippen LogP contribution in [0.3, 0.4) is 0 Å². The van der Waals surface area contributed by atoms with Gasteiger partial charge in [0.15, 0.2) is 5.57 Å². The number of thioether (sulfide) groups is 1. The molecule has 0 spiro atoms. The Morgan fingerprint density at radius 1 is 1.27 bits per heavy atom. The van der Waals surface area contributed by atoms with E-state index < -0.39 is 11.2 Å². The van der Waals surface area contributed by atoms with Crippen LogP contribution in [0.2, 0.25) is 10.0 Å². The summed E-state index contributed by atoms with van der Waals surface area (Å²) in [5, 5.41) is 10.3. The molecular weight excluding hydrogens is 511 g/mol. The van der Waals surface area contributed by atoms with Gasteiger partial charge in [0.1, 0.15) is 11.1 Å². The van der Waals surface area contributed by atoms with Crippen LogP contribution in [-0.2, 0) is 20.7 Å². The van der Waals surface area contributed by atoms with Gasteiger partial charge < -0.3 is 4.74 Å². The molecule has 0 saturated carbocycles. The van der Waals surface area contributed by atoms with Crippen molar-refractivity contribution in [3.05, 3.63) is 73.1 Å². The molecule has 1 amide bonds. The molecule has 1 saturated heterocycles. The predicted molar refractivity (Wildman–Crippen MR) is 122 cm³/mol. The molecule has 9 heteroatoms. The lowest BCUT2D eigenvalue weighted by Gasteiger charge is -2.18. The summed E-state index contributed by atoms with van der Waals surface area (Å²) in [6.07, 6.45) is 0.293. The number of benzene rings is 2. The standard InChI is InChI=1S/C21H15BrCl2N2O3S/c1-2-29-21(28)16(11-25)20-26(15-6-3-13(22)4-7-15)19(27)18(30-20)10-12-9-14(23)5-8-17(12)24/h3-9,18H,2,10H2,1H3. The topological polar surface area (TPSA) is 70.4 Å². The Balaban J connectivity index is 2.06. The van der Waals surface area contributed by atoms with Gasteiger partial charge in [-0.1, -0.05) is 50.9 Å². The molecule has 2 aromatic rings. The number of esters is 1. The molecule has 1 unspecified atom stereocenters. The van der Waals surface area contributed by atoms with Crippen molar-refractivity contribution in [2.45, 2.75) is 18.6 Å². The maximum atomic E-state index is 13.3. The van der Waals surface area contributed by atoms with Gasteiger partial charge in [0.2, 0.25) is 5.91 Å². The summed E-state index contributed by atoms with van der Waals surface area (Å²) < 4.78 is 5.85. The Morgan fingerprint density at radius 3 is 2.60 bits per heavy atom. The van der Waals surface area contributed by atoms with Crippen LogP contribution >= 0.6 is 50.9 Å². The maximum Gasteiger partial charge on any atom is 0.351 e. The predicted octanol–water partition coefficient (Wildman–Crippen LogP) is 5.75. The summed E-state index contributed by atoms with van der Waals surface area (Å²) in [7, 11) is 0. The Hall–Kier alpha value is -1.98. The first-order chi connectivity index (χ1) is 14.3. The first-order valence-corrected chi connectivity index (χ1v) is 11.3. The average molecular weight is 526 g/mol. The minimum atomic E-state index is -0.765. The third kappa shape index (κ3) is 4.84. The number of ether oxygens (including phenoxy) is 1. The van der Waals surface area contributed by atoms with E-state index in [4.69, 9.17) is 27.9 Å². The molecule has 0 aromatic heterocycles. The zero-order chi connectivity index (χ0) is 21.8. The fourth-order valence-corrected chi connectivity index (χ4v) is 4.84. The highest BCUT2D eigenvalue weighted by molar-refractivity contribution is 9.10. The van der Waals surface area contributed by atoms with Gasteiger partial charge in [0.25, 0.3) is 0 Å². The molecule has 1 fully saturated rings. The number of hydrogen-bond acceptors (Lipinski definition) is 5. The van der Waals surface area contributed by atoms with Gasteiger partial charge in [-0.3, -0.25) is 9.69 Å². The molecule has 2 aromatic carbocycles. The summed E-state index contributed by atoms with van der Waals surface area (Å²) in [6, 6.07) is 14.0. The zero-order valence-electron chi connectivity index (χ0n) is 15.7. The van der Waals surface area contributed by atoms with E-state index in [9.17, 15) is 14.9 Å². The number of anilines is 1. The number of nitriles is 1. The molecule has 0 radical (unpaired) electrons. The van der Waals surface area contributed by atoms with Crippen LogP contribution in [0, 0.1) is 11.3 Å². The van der Waals surface area contributed by atoms with Crippen LogP contribution in [-0.4, -0.2) is 23.7 Å². The van der Waals surface area contributed by atoms with E-state index >= 15 is 0 Å². The lowest BCUT2D eigenvalue weighted by Crippen LogP contribution is -2.30. The zero-order valence-corrected chi connectivity index (χ0v) is 19.6. The van der Waals surface area contributed by atoms with Crippen molar-refractivity contribution in [3.8, 4) is 6.07 Å². The third-order valence-corrected chi connectivity index (χ3v) is 6.65. The molecule has 0 aliphatic carbocycles. The molecule has 0 N–H and O–H groups in total. The van der Waals surface area contributed by atoms with Crippen molar-refractivity contribution < 1.29 is 14.3 Å². The van der Waals surface area contributed by atoms with Gasteiger partial charge in [0.05, 0.1) is 11.9 Å². The Bertz CT molecular complexity index is 1070. The highest BCUT2D eigenvalue weighted by atomic mass is 79.9. The van der Waals surface area contributed by atoms with Crippen molar-refractivity contribution in [1.29, 1.82) is 5.26 Å². The van der Waals surface area contributed by atoms with E-state index in [1.165, 1.54) is 4.90 Å². The van der Waals surface area contributed by atoms with Crippen LogP contribution in [0.4, 0.5) is 5.69 Å². The second kappa shape index (κ2) is 9.88.